The van der Waals surface area contributed by atoms with Crippen LogP contribution in [-0.2, 0) is 11.3 Å². The van der Waals surface area contributed by atoms with E-state index in [2.05, 4.69) is 5.32 Å². The molecule has 0 unspecified atom stereocenters. The molecule has 0 heterocycles. The summed E-state index contributed by atoms with van der Waals surface area (Å²) < 4.78 is 32.7. The Hall–Kier alpha value is -1.40. The summed E-state index contributed by atoms with van der Waals surface area (Å²) in [6.07, 6.45) is 0.358. The van der Waals surface area contributed by atoms with E-state index in [0.717, 1.165) is 0 Å². The summed E-state index contributed by atoms with van der Waals surface area (Å²) in [5, 5.41) is 12.1. The number of carbonyl (C=O) groups excluding carboxylic acids is 1. The predicted molar refractivity (Wildman–Crippen MR) is 73.6 cm³/mol. The summed E-state index contributed by atoms with van der Waals surface area (Å²) in [4.78, 5) is 11.6. The number of alkyl halides is 2. The third kappa shape index (κ3) is 2.96. The monoisotopic (exact) mass is 319 g/mol. The van der Waals surface area contributed by atoms with Gasteiger partial charge >= 0.3 is 5.92 Å². The molecule has 1 fully saturated rings. The minimum absolute atomic E-state index is 0.0677. The molecule has 0 radical (unpaired) electrons. The van der Waals surface area contributed by atoms with E-state index in [-0.39, 0.29) is 19.4 Å². The Morgan fingerprint density at radius 1 is 1.52 bits per heavy atom. The van der Waals surface area contributed by atoms with E-state index in [9.17, 15) is 18.7 Å². The smallest absolute Gasteiger partial charge is 0.352 e. The topological polar surface area (TPSA) is 58.6 Å². The van der Waals surface area contributed by atoms with Crippen LogP contribution in [0.5, 0.6) is 5.75 Å². The number of amides is 1. The van der Waals surface area contributed by atoms with Crippen LogP contribution >= 0.6 is 11.6 Å². The highest BCUT2D eigenvalue weighted by Crippen LogP contribution is 2.44. The summed E-state index contributed by atoms with van der Waals surface area (Å²) in [6.45, 7) is -0.103. The van der Waals surface area contributed by atoms with Crippen molar-refractivity contribution >= 4 is 17.5 Å². The van der Waals surface area contributed by atoms with Crippen LogP contribution < -0.4 is 10.1 Å². The van der Waals surface area contributed by atoms with Gasteiger partial charge in [0, 0.05) is 6.54 Å². The van der Waals surface area contributed by atoms with Crippen LogP contribution in [0.4, 0.5) is 8.78 Å². The largest absolute Gasteiger partial charge is 0.495 e. The zero-order valence-corrected chi connectivity index (χ0v) is 12.2. The Morgan fingerprint density at radius 2 is 2.19 bits per heavy atom. The van der Waals surface area contributed by atoms with Crippen molar-refractivity contribution in [3.05, 3.63) is 28.8 Å². The fraction of sp³-hybridized carbons (Fsp3) is 0.500. The first-order chi connectivity index (χ1) is 9.80. The predicted octanol–water partition coefficient (Wildman–Crippen LogP) is 2.52. The molecular formula is C14H16ClF2NO3. The van der Waals surface area contributed by atoms with Gasteiger partial charge in [0.15, 0.2) is 0 Å². The van der Waals surface area contributed by atoms with Crippen molar-refractivity contribution in [3.8, 4) is 5.75 Å². The van der Waals surface area contributed by atoms with E-state index in [4.69, 9.17) is 16.3 Å². The van der Waals surface area contributed by atoms with Gasteiger partial charge in [-0.1, -0.05) is 17.7 Å². The lowest BCUT2D eigenvalue weighted by Gasteiger charge is -2.41. The molecule has 0 spiro atoms. The number of halogens is 3. The maximum Gasteiger partial charge on any atom is 0.352 e. The lowest BCUT2D eigenvalue weighted by Crippen LogP contribution is -2.60. The molecule has 21 heavy (non-hydrogen) atoms. The number of hydrogen-bond acceptors (Lipinski definition) is 3. The summed E-state index contributed by atoms with van der Waals surface area (Å²) in [6, 6.07) is 4.72. The zero-order chi connectivity index (χ0) is 15.7. The van der Waals surface area contributed by atoms with Crippen molar-refractivity contribution < 1.29 is 23.4 Å². The first kappa shape index (κ1) is 16.0. The van der Waals surface area contributed by atoms with Gasteiger partial charge in [0.1, 0.15) is 11.4 Å². The van der Waals surface area contributed by atoms with Crippen LogP contribution in [0, 0.1) is 0 Å². The van der Waals surface area contributed by atoms with Crippen LogP contribution in [0.1, 0.15) is 24.8 Å². The molecule has 116 valence electrons. The van der Waals surface area contributed by atoms with Crippen LogP contribution in [0.25, 0.3) is 0 Å². The second-order valence-electron chi connectivity index (χ2n) is 5.11. The maximum absolute atomic E-state index is 13.8. The number of nitrogens with one attached hydrogen (secondary N) is 1. The average molecular weight is 320 g/mol. The molecule has 0 saturated heterocycles. The molecule has 0 aromatic heterocycles. The quantitative estimate of drug-likeness (QED) is 0.876. The van der Waals surface area contributed by atoms with E-state index in [1.807, 2.05) is 0 Å². The van der Waals surface area contributed by atoms with E-state index >= 15 is 0 Å². The Bertz CT molecular complexity index is 547. The first-order valence-electron chi connectivity index (χ1n) is 6.51. The molecule has 2 N–H and O–H groups in total. The van der Waals surface area contributed by atoms with E-state index in [1.165, 1.54) is 13.2 Å². The Morgan fingerprint density at radius 3 is 2.67 bits per heavy atom. The third-order valence-electron chi connectivity index (χ3n) is 3.72. The van der Waals surface area contributed by atoms with Gasteiger partial charge in [0.2, 0.25) is 0 Å². The number of carbonyl (C=O) groups is 1. The van der Waals surface area contributed by atoms with Crippen molar-refractivity contribution in [2.75, 3.05) is 7.11 Å². The molecule has 1 aromatic carbocycles. The van der Waals surface area contributed by atoms with Gasteiger partial charge in [0.25, 0.3) is 5.91 Å². The Labute approximate surface area is 126 Å². The number of methoxy groups -OCH3 is 1. The molecule has 0 atom stereocenters. The molecule has 0 bridgehead atoms. The third-order valence-corrected chi connectivity index (χ3v) is 4.01. The van der Waals surface area contributed by atoms with Crippen molar-refractivity contribution in [1.82, 2.24) is 5.32 Å². The molecule has 1 aliphatic rings. The van der Waals surface area contributed by atoms with Crippen LogP contribution in [0.3, 0.4) is 0 Å². The second kappa shape index (κ2) is 5.77. The standard InChI is InChI=1S/C14H16ClF2NO3/c1-21-11-4-3-9(7-10(11)15)8-18-12(19)14(16,17)13(20)5-2-6-13/h3-4,7,20H,2,5-6,8H2,1H3,(H,18,19). The number of benzene rings is 1. The lowest BCUT2D eigenvalue weighted by atomic mass is 9.75. The molecule has 1 aromatic rings. The second-order valence-corrected chi connectivity index (χ2v) is 5.52. The summed E-state index contributed by atoms with van der Waals surface area (Å²) in [5.74, 6) is -4.81. The van der Waals surface area contributed by atoms with Gasteiger partial charge in [-0.2, -0.15) is 8.78 Å². The maximum atomic E-state index is 13.8. The number of aliphatic hydroxyl groups is 1. The molecule has 1 saturated carbocycles. The molecule has 7 heteroatoms. The van der Waals surface area contributed by atoms with Crippen molar-refractivity contribution in [1.29, 1.82) is 0 Å². The molecular weight excluding hydrogens is 304 g/mol. The first-order valence-corrected chi connectivity index (χ1v) is 6.89. The Balaban J connectivity index is 1.99. The number of rotatable bonds is 5. The van der Waals surface area contributed by atoms with E-state index < -0.39 is 17.4 Å². The van der Waals surface area contributed by atoms with Gasteiger partial charge in [-0.05, 0) is 37.0 Å². The zero-order valence-electron chi connectivity index (χ0n) is 11.5. The lowest BCUT2D eigenvalue weighted by molar-refractivity contribution is -0.216. The molecule has 1 amide bonds. The van der Waals surface area contributed by atoms with Gasteiger partial charge in [0.05, 0.1) is 12.1 Å². The summed E-state index contributed by atoms with van der Waals surface area (Å²) in [5.41, 5.74) is -1.65. The molecule has 4 nitrogen and oxygen atoms in total. The minimum Gasteiger partial charge on any atom is -0.495 e. The van der Waals surface area contributed by atoms with E-state index in [1.54, 1.807) is 12.1 Å². The molecule has 1 aliphatic carbocycles. The van der Waals surface area contributed by atoms with Crippen molar-refractivity contribution in [2.45, 2.75) is 37.3 Å². The normalized spacial score (nSPS) is 17.0. The van der Waals surface area contributed by atoms with Crippen LogP contribution in [0.2, 0.25) is 5.02 Å². The van der Waals surface area contributed by atoms with Gasteiger partial charge in [-0.3, -0.25) is 4.79 Å². The molecule has 0 aliphatic heterocycles. The van der Waals surface area contributed by atoms with Crippen molar-refractivity contribution in [3.63, 3.8) is 0 Å². The summed E-state index contributed by atoms with van der Waals surface area (Å²) >= 11 is 5.91. The number of hydrogen-bond donors (Lipinski definition) is 2. The highest BCUT2D eigenvalue weighted by Gasteiger charge is 2.61. The average Bonchev–Trinajstić information content (AvgIpc) is 2.41. The highest BCUT2D eigenvalue weighted by molar-refractivity contribution is 6.32. The van der Waals surface area contributed by atoms with Gasteiger partial charge in [-0.25, -0.2) is 0 Å². The minimum atomic E-state index is -3.79. The van der Waals surface area contributed by atoms with Crippen LogP contribution in [0.15, 0.2) is 18.2 Å². The highest BCUT2D eigenvalue weighted by atomic mass is 35.5. The van der Waals surface area contributed by atoms with Gasteiger partial charge < -0.3 is 15.2 Å². The van der Waals surface area contributed by atoms with Crippen LogP contribution in [-0.4, -0.2) is 29.6 Å². The van der Waals surface area contributed by atoms with E-state index in [0.29, 0.717) is 22.8 Å². The number of ether oxygens (including phenoxy) is 1. The summed E-state index contributed by atoms with van der Waals surface area (Å²) in [7, 11) is 1.46. The molecule has 2 rings (SSSR count). The van der Waals surface area contributed by atoms with Gasteiger partial charge in [-0.15, -0.1) is 0 Å². The SMILES string of the molecule is COc1ccc(CNC(=O)C(F)(F)C2(O)CCC2)cc1Cl. The fourth-order valence-electron chi connectivity index (χ4n) is 2.15. The van der Waals surface area contributed by atoms with Crippen molar-refractivity contribution in [2.24, 2.45) is 0 Å². The fourth-order valence-corrected chi connectivity index (χ4v) is 2.43. The Kier molecular flexibility index (Phi) is 4.39.